The Morgan fingerprint density at radius 2 is 2.00 bits per heavy atom. The van der Waals surface area contributed by atoms with Crippen molar-refractivity contribution in [1.82, 2.24) is 0 Å². The van der Waals surface area contributed by atoms with Crippen molar-refractivity contribution in [1.29, 1.82) is 0 Å². The van der Waals surface area contributed by atoms with Crippen molar-refractivity contribution in [2.75, 3.05) is 6.61 Å². The number of rotatable bonds is 6. The first kappa shape index (κ1) is 15.2. The molecule has 0 bridgehead atoms. The van der Waals surface area contributed by atoms with E-state index in [-0.39, 0.29) is 0 Å². The van der Waals surface area contributed by atoms with E-state index >= 15 is 0 Å². The molecule has 1 heteroatoms. The fourth-order valence-corrected chi connectivity index (χ4v) is 3.40. The maximum atomic E-state index is 5.79. The molecule has 0 heterocycles. The van der Waals surface area contributed by atoms with E-state index in [4.69, 9.17) is 4.74 Å². The first-order chi connectivity index (χ1) is 9.83. The van der Waals surface area contributed by atoms with Crippen LogP contribution in [0.15, 0.2) is 42.2 Å². The summed E-state index contributed by atoms with van der Waals surface area (Å²) in [7, 11) is 0. The maximum Gasteiger partial charge on any atom is 0.0922 e. The topological polar surface area (TPSA) is 9.23 Å². The van der Waals surface area contributed by atoms with Crippen LogP contribution in [-0.4, -0.2) is 6.61 Å². The molecule has 1 fully saturated rings. The first-order valence-electron chi connectivity index (χ1n) is 8.20. The minimum Gasteiger partial charge on any atom is -0.499 e. The molecule has 0 radical (unpaired) electrons. The third-order valence-corrected chi connectivity index (χ3v) is 4.31. The van der Waals surface area contributed by atoms with Crippen LogP contribution in [0.2, 0.25) is 0 Å². The van der Waals surface area contributed by atoms with Crippen molar-refractivity contribution in [2.24, 2.45) is 5.92 Å². The van der Waals surface area contributed by atoms with E-state index in [2.05, 4.69) is 50.3 Å². The number of benzene rings is 1. The molecule has 110 valence electrons. The van der Waals surface area contributed by atoms with Gasteiger partial charge in [0.25, 0.3) is 0 Å². The minimum absolute atomic E-state index is 0.749. The Balaban J connectivity index is 1.95. The molecule has 20 heavy (non-hydrogen) atoms. The zero-order valence-electron chi connectivity index (χ0n) is 13.0. The van der Waals surface area contributed by atoms with Gasteiger partial charge in [-0.1, -0.05) is 43.7 Å². The van der Waals surface area contributed by atoms with Gasteiger partial charge in [-0.3, -0.25) is 0 Å². The van der Waals surface area contributed by atoms with Gasteiger partial charge in [0.1, 0.15) is 0 Å². The summed E-state index contributed by atoms with van der Waals surface area (Å²) >= 11 is 0. The SMILES string of the molecule is CC/C=C(\CC1CCCC(c2ccccc2)C1)OCC. The second kappa shape index (κ2) is 8.14. The Morgan fingerprint density at radius 1 is 1.20 bits per heavy atom. The van der Waals surface area contributed by atoms with Crippen LogP contribution in [0.1, 0.15) is 63.9 Å². The van der Waals surface area contributed by atoms with Crippen molar-refractivity contribution in [3.8, 4) is 0 Å². The summed E-state index contributed by atoms with van der Waals surface area (Å²) in [6, 6.07) is 11.0. The maximum absolute atomic E-state index is 5.79. The Hall–Kier alpha value is -1.24. The van der Waals surface area contributed by atoms with Gasteiger partial charge in [0.15, 0.2) is 0 Å². The number of allylic oxidation sites excluding steroid dienone is 2. The third-order valence-electron chi connectivity index (χ3n) is 4.31. The number of ether oxygens (including phenoxy) is 1. The summed E-state index contributed by atoms with van der Waals surface area (Å²) in [5.41, 5.74) is 1.52. The van der Waals surface area contributed by atoms with Crippen LogP contribution in [0.3, 0.4) is 0 Å². The summed E-state index contributed by atoms with van der Waals surface area (Å²) in [5, 5.41) is 0. The largest absolute Gasteiger partial charge is 0.499 e. The summed E-state index contributed by atoms with van der Waals surface area (Å²) < 4.78 is 5.79. The van der Waals surface area contributed by atoms with E-state index in [0.29, 0.717) is 0 Å². The molecule has 0 N–H and O–H groups in total. The molecule has 2 unspecified atom stereocenters. The van der Waals surface area contributed by atoms with E-state index in [1.165, 1.54) is 37.0 Å². The first-order valence-corrected chi connectivity index (χ1v) is 8.20. The molecule has 2 atom stereocenters. The zero-order chi connectivity index (χ0) is 14.2. The summed E-state index contributed by atoms with van der Waals surface area (Å²) in [6.07, 6.45) is 9.85. The van der Waals surface area contributed by atoms with Gasteiger partial charge in [-0.2, -0.15) is 0 Å². The quantitative estimate of drug-likeness (QED) is 0.605. The Kier molecular flexibility index (Phi) is 6.17. The van der Waals surface area contributed by atoms with Gasteiger partial charge >= 0.3 is 0 Å². The molecule has 0 saturated heterocycles. The number of hydrogen-bond acceptors (Lipinski definition) is 1. The highest BCUT2D eigenvalue weighted by molar-refractivity contribution is 5.20. The normalized spacial score (nSPS) is 23.6. The smallest absolute Gasteiger partial charge is 0.0922 e. The predicted octanol–water partition coefficient (Wildman–Crippen LogP) is 5.68. The van der Waals surface area contributed by atoms with Crippen molar-refractivity contribution in [2.45, 2.75) is 58.3 Å². The van der Waals surface area contributed by atoms with Crippen LogP contribution in [0.25, 0.3) is 0 Å². The van der Waals surface area contributed by atoms with Crippen LogP contribution in [-0.2, 0) is 4.74 Å². The number of hydrogen-bond donors (Lipinski definition) is 0. The summed E-state index contributed by atoms with van der Waals surface area (Å²) in [6.45, 7) is 5.06. The van der Waals surface area contributed by atoms with E-state index in [1.807, 2.05) is 0 Å². The molecule has 1 nitrogen and oxygen atoms in total. The molecule has 2 rings (SSSR count). The van der Waals surface area contributed by atoms with Crippen LogP contribution in [0.5, 0.6) is 0 Å². The van der Waals surface area contributed by atoms with Gasteiger partial charge < -0.3 is 4.74 Å². The van der Waals surface area contributed by atoms with Gasteiger partial charge in [-0.05, 0) is 56.1 Å². The highest BCUT2D eigenvalue weighted by Gasteiger charge is 2.24. The molecule has 1 aliphatic carbocycles. The second-order valence-corrected chi connectivity index (χ2v) is 5.86. The van der Waals surface area contributed by atoms with E-state index in [0.717, 1.165) is 31.3 Å². The highest BCUT2D eigenvalue weighted by atomic mass is 16.5. The Bertz CT molecular complexity index is 407. The Labute approximate surface area is 124 Å². The average Bonchev–Trinajstić information content (AvgIpc) is 2.49. The lowest BCUT2D eigenvalue weighted by molar-refractivity contribution is 0.191. The van der Waals surface area contributed by atoms with Crippen molar-refractivity contribution >= 4 is 0 Å². The lowest BCUT2D eigenvalue weighted by Gasteiger charge is -2.30. The van der Waals surface area contributed by atoms with Gasteiger partial charge in [0.2, 0.25) is 0 Å². The lowest BCUT2D eigenvalue weighted by atomic mass is 9.76. The highest BCUT2D eigenvalue weighted by Crippen LogP contribution is 2.38. The van der Waals surface area contributed by atoms with Crippen LogP contribution in [0.4, 0.5) is 0 Å². The van der Waals surface area contributed by atoms with Crippen LogP contribution in [0, 0.1) is 5.92 Å². The average molecular weight is 272 g/mol. The van der Waals surface area contributed by atoms with Gasteiger partial charge in [0.05, 0.1) is 12.4 Å². The molecule has 1 aliphatic rings. The van der Waals surface area contributed by atoms with Crippen molar-refractivity contribution in [3.63, 3.8) is 0 Å². The minimum atomic E-state index is 0.749. The zero-order valence-corrected chi connectivity index (χ0v) is 13.0. The van der Waals surface area contributed by atoms with E-state index < -0.39 is 0 Å². The summed E-state index contributed by atoms with van der Waals surface area (Å²) in [5.74, 6) is 2.76. The second-order valence-electron chi connectivity index (χ2n) is 5.86. The summed E-state index contributed by atoms with van der Waals surface area (Å²) in [4.78, 5) is 0. The molecule has 1 aromatic rings. The van der Waals surface area contributed by atoms with Crippen molar-refractivity contribution < 1.29 is 4.74 Å². The molecular formula is C19H28O. The van der Waals surface area contributed by atoms with E-state index in [1.54, 1.807) is 0 Å². The Morgan fingerprint density at radius 3 is 2.70 bits per heavy atom. The van der Waals surface area contributed by atoms with Gasteiger partial charge in [-0.25, -0.2) is 0 Å². The van der Waals surface area contributed by atoms with E-state index in [9.17, 15) is 0 Å². The standard InChI is InChI=1S/C19H28O/c1-3-9-19(20-4-2)15-16-10-8-13-18(14-16)17-11-6-5-7-12-17/h5-7,9,11-12,16,18H,3-4,8,10,13-15H2,1-2H3/b19-9+. The fraction of sp³-hybridized carbons (Fsp3) is 0.579. The molecule has 0 aliphatic heterocycles. The third kappa shape index (κ3) is 4.40. The molecule has 1 aromatic carbocycles. The molecular weight excluding hydrogens is 244 g/mol. The lowest BCUT2D eigenvalue weighted by Crippen LogP contribution is -2.15. The van der Waals surface area contributed by atoms with Crippen LogP contribution < -0.4 is 0 Å². The molecule has 1 saturated carbocycles. The molecule has 0 spiro atoms. The van der Waals surface area contributed by atoms with Gasteiger partial charge in [-0.15, -0.1) is 0 Å². The predicted molar refractivity (Wildman–Crippen MR) is 85.8 cm³/mol. The molecule has 0 amide bonds. The van der Waals surface area contributed by atoms with Crippen molar-refractivity contribution in [3.05, 3.63) is 47.7 Å². The van der Waals surface area contributed by atoms with Gasteiger partial charge in [0, 0.05) is 6.42 Å². The van der Waals surface area contributed by atoms with Crippen LogP contribution >= 0.6 is 0 Å². The molecule has 0 aromatic heterocycles. The monoisotopic (exact) mass is 272 g/mol. The fourth-order valence-electron chi connectivity index (χ4n) is 3.40.